The molecule has 0 spiro atoms. The average Bonchev–Trinajstić information content (AvgIpc) is 3.17. The van der Waals surface area contributed by atoms with Crippen LogP contribution in [0.25, 0.3) is 10.9 Å². The summed E-state index contributed by atoms with van der Waals surface area (Å²) in [5.74, 6) is 0.536. The van der Waals surface area contributed by atoms with Crippen molar-refractivity contribution in [2.24, 2.45) is 0 Å². The van der Waals surface area contributed by atoms with Crippen LogP contribution in [0.5, 0.6) is 5.75 Å². The van der Waals surface area contributed by atoms with E-state index in [2.05, 4.69) is 5.32 Å². The van der Waals surface area contributed by atoms with E-state index >= 15 is 0 Å². The van der Waals surface area contributed by atoms with E-state index in [1.807, 2.05) is 80.6 Å². The van der Waals surface area contributed by atoms with E-state index in [1.54, 1.807) is 11.7 Å². The van der Waals surface area contributed by atoms with Gasteiger partial charge in [0.25, 0.3) is 6.43 Å². The maximum Gasteiger partial charge on any atom is 0.278 e. The van der Waals surface area contributed by atoms with Crippen LogP contribution in [-0.4, -0.2) is 17.6 Å². The number of hydrogen-bond acceptors (Lipinski definition) is 2. The van der Waals surface area contributed by atoms with Crippen LogP contribution in [0, 0.1) is 13.8 Å². The van der Waals surface area contributed by atoms with E-state index in [1.165, 1.54) is 0 Å². The number of aryl methyl sites for hydroxylation is 3. The van der Waals surface area contributed by atoms with E-state index in [-0.39, 0.29) is 24.4 Å². The van der Waals surface area contributed by atoms with Gasteiger partial charge in [-0.2, -0.15) is 0 Å². The number of aromatic nitrogens is 1. The lowest BCUT2D eigenvalue weighted by Gasteiger charge is -2.14. The normalized spacial score (nSPS) is 11.3. The quantitative estimate of drug-likeness (QED) is 0.300. The van der Waals surface area contributed by atoms with Crippen molar-refractivity contribution in [1.82, 2.24) is 9.88 Å². The van der Waals surface area contributed by atoms with Crippen LogP contribution in [0.2, 0.25) is 0 Å². The predicted octanol–water partition coefficient (Wildman–Crippen LogP) is 6.50. The number of nitrogens with one attached hydrogen (secondary N) is 1. The lowest BCUT2D eigenvalue weighted by molar-refractivity contribution is -0.121. The number of para-hydroxylation sites is 1. The van der Waals surface area contributed by atoms with Crippen LogP contribution in [0.15, 0.2) is 66.7 Å². The molecule has 1 amide bonds. The van der Waals surface area contributed by atoms with Crippen LogP contribution in [-0.2, 0) is 24.3 Å². The lowest BCUT2D eigenvalue weighted by atomic mass is 10.0. The predicted molar refractivity (Wildman–Crippen MR) is 135 cm³/mol. The summed E-state index contributed by atoms with van der Waals surface area (Å²) >= 11 is 0. The maximum absolute atomic E-state index is 14.4. The molecule has 35 heavy (non-hydrogen) atoms. The van der Waals surface area contributed by atoms with Gasteiger partial charge < -0.3 is 14.6 Å². The fourth-order valence-corrected chi connectivity index (χ4v) is 4.53. The number of nitrogens with zero attached hydrogens (tertiary/aromatic N) is 1. The Kier molecular flexibility index (Phi) is 7.49. The van der Waals surface area contributed by atoms with Gasteiger partial charge >= 0.3 is 0 Å². The molecule has 1 heterocycles. The minimum atomic E-state index is -2.65. The molecular formula is C29H30F2N2O2. The molecule has 6 heteroatoms. The number of fused-ring (bicyclic) bond motifs is 1. The van der Waals surface area contributed by atoms with Crippen LogP contribution in [0.1, 0.15) is 46.4 Å². The number of carbonyl (C=O) groups excluding carboxylic acids is 1. The largest absolute Gasteiger partial charge is 0.497 e. The number of methoxy groups -OCH3 is 1. The molecule has 0 saturated heterocycles. The fraction of sp³-hybridized carbons (Fsp3) is 0.276. The zero-order valence-electron chi connectivity index (χ0n) is 20.3. The summed E-state index contributed by atoms with van der Waals surface area (Å²) in [4.78, 5) is 12.6. The van der Waals surface area contributed by atoms with Gasteiger partial charge in [0.2, 0.25) is 5.91 Å². The number of halogens is 2. The highest BCUT2D eigenvalue weighted by Gasteiger charge is 2.24. The molecule has 4 rings (SSSR count). The molecule has 1 N–H and O–H groups in total. The first-order valence-electron chi connectivity index (χ1n) is 11.7. The Bertz CT molecular complexity index is 1340. The van der Waals surface area contributed by atoms with Crippen molar-refractivity contribution in [2.45, 2.75) is 46.2 Å². The molecule has 0 aliphatic rings. The van der Waals surface area contributed by atoms with Crippen LogP contribution < -0.4 is 10.1 Å². The van der Waals surface area contributed by atoms with Gasteiger partial charge in [-0.05, 0) is 60.7 Å². The average molecular weight is 477 g/mol. The molecule has 0 radical (unpaired) electrons. The highest BCUT2D eigenvalue weighted by atomic mass is 19.3. The molecule has 0 aliphatic heterocycles. The summed E-state index contributed by atoms with van der Waals surface area (Å²) < 4.78 is 35.8. The lowest BCUT2D eigenvalue weighted by Crippen LogP contribution is -2.23. The number of benzene rings is 3. The highest BCUT2D eigenvalue weighted by Crippen LogP contribution is 2.35. The minimum Gasteiger partial charge on any atom is -0.497 e. The third-order valence-corrected chi connectivity index (χ3v) is 6.39. The van der Waals surface area contributed by atoms with Gasteiger partial charge in [0, 0.05) is 30.4 Å². The molecule has 0 saturated carbocycles. The van der Waals surface area contributed by atoms with Gasteiger partial charge in [-0.15, -0.1) is 0 Å². The smallest absolute Gasteiger partial charge is 0.278 e. The second-order valence-corrected chi connectivity index (χ2v) is 8.83. The molecule has 1 aromatic heterocycles. The number of carbonyl (C=O) groups is 1. The van der Waals surface area contributed by atoms with Crippen molar-refractivity contribution >= 4 is 16.8 Å². The summed E-state index contributed by atoms with van der Waals surface area (Å²) in [6.07, 6.45) is -2.28. The van der Waals surface area contributed by atoms with Gasteiger partial charge in [-0.25, -0.2) is 8.78 Å². The maximum atomic E-state index is 14.4. The standard InChI is InChI=1S/C29H30F2N2O2/c1-19-11-12-20(2)22(15-19)18-33-26-10-5-4-9-24(26)25(28(33)29(30)31)13-14-27(34)32-17-21-7-6-8-23(16-21)35-3/h4-12,15-16,29H,13-14,17-18H2,1-3H3,(H,32,34). The van der Waals surface area contributed by atoms with Crippen molar-refractivity contribution in [2.75, 3.05) is 7.11 Å². The molecular weight excluding hydrogens is 446 g/mol. The Hall–Kier alpha value is -3.67. The van der Waals surface area contributed by atoms with Crippen molar-refractivity contribution < 1.29 is 18.3 Å². The van der Waals surface area contributed by atoms with Crippen molar-refractivity contribution in [3.8, 4) is 5.75 Å². The number of ether oxygens (including phenoxy) is 1. The summed E-state index contributed by atoms with van der Waals surface area (Å²) in [6, 6.07) is 21.0. The molecule has 0 aliphatic carbocycles. The summed E-state index contributed by atoms with van der Waals surface area (Å²) in [7, 11) is 1.59. The highest BCUT2D eigenvalue weighted by molar-refractivity contribution is 5.87. The second-order valence-electron chi connectivity index (χ2n) is 8.83. The molecule has 0 unspecified atom stereocenters. The zero-order chi connectivity index (χ0) is 24.9. The van der Waals surface area contributed by atoms with Crippen molar-refractivity contribution in [3.05, 3.63) is 100 Å². The van der Waals surface area contributed by atoms with Crippen molar-refractivity contribution in [1.29, 1.82) is 0 Å². The Morgan fingerprint density at radius 3 is 2.60 bits per heavy atom. The molecule has 4 aromatic rings. The SMILES string of the molecule is COc1cccc(CNC(=O)CCc2c(C(F)F)n(Cc3cc(C)ccc3C)c3ccccc23)c1. The Morgan fingerprint density at radius 1 is 1.03 bits per heavy atom. The Morgan fingerprint density at radius 2 is 1.83 bits per heavy atom. The van der Waals surface area contributed by atoms with Crippen LogP contribution in [0.4, 0.5) is 8.78 Å². The first-order chi connectivity index (χ1) is 16.9. The number of amides is 1. The first-order valence-corrected chi connectivity index (χ1v) is 11.7. The number of alkyl halides is 2. The van der Waals surface area contributed by atoms with Gasteiger partial charge in [0.15, 0.2) is 0 Å². The van der Waals surface area contributed by atoms with Gasteiger partial charge in [-0.1, -0.05) is 54.1 Å². The number of hydrogen-bond donors (Lipinski definition) is 1. The van der Waals surface area contributed by atoms with E-state index in [4.69, 9.17) is 4.74 Å². The molecule has 0 bridgehead atoms. The zero-order valence-corrected chi connectivity index (χ0v) is 20.3. The van der Waals surface area contributed by atoms with Crippen LogP contribution in [0.3, 0.4) is 0 Å². The summed E-state index contributed by atoms with van der Waals surface area (Å²) in [6.45, 7) is 4.71. The molecule has 0 fully saturated rings. The topological polar surface area (TPSA) is 43.3 Å². The monoisotopic (exact) mass is 476 g/mol. The van der Waals surface area contributed by atoms with E-state index in [0.717, 1.165) is 38.9 Å². The molecule has 3 aromatic carbocycles. The van der Waals surface area contributed by atoms with Gasteiger partial charge in [0.1, 0.15) is 5.75 Å². The minimum absolute atomic E-state index is 0.00676. The Labute approximate surface area is 204 Å². The second kappa shape index (κ2) is 10.7. The molecule has 0 atom stereocenters. The van der Waals surface area contributed by atoms with E-state index in [9.17, 15) is 13.6 Å². The fourth-order valence-electron chi connectivity index (χ4n) is 4.53. The Balaban J connectivity index is 1.58. The third kappa shape index (κ3) is 5.53. The van der Waals surface area contributed by atoms with Gasteiger partial charge in [0.05, 0.1) is 12.8 Å². The van der Waals surface area contributed by atoms with Crippen molar-refractivity contribution in [3.63, 3.8) is 0 Å². The van der Waals surface area contributed by atoms with Gasteiger partial charge in [-0.3, -0.25) is 4.79 Å². The number of rotatable bonds is 9. The first kappa shape index (κ1) is 24.5. The summed E-state index contributed by atoms with van der Waals surface area (Å²) in [5, 5.41) is 3.66. The summed E-state index contributed by atoms with van der Waals surface area (Å²) in [5.41, 5.74) is 5.37. The van der Waals surface area contributed by atoms with Crippen LogP contribution >= 0.6 is 0 Å². The molecule has 4 nitrogen and oxygen atoms in total. The van der Waals surface area contributed by atoms with E-state index in [0.29, 0.717) is 18.7 Å². The molecule has 182 valence electrons. The van der Waals surface area contributed by atoms with E-state index < -0.39 is 6.43 Å². The third-order valence-electron chi connectivity index (χ3n) is 6.39.